The van der Waals surface area contributed by atoms with E-state index in [1.54, 1.807) is 38.5 Å². The van der Waals surface area contributed by atoms with Crippen LogP contribution in [0.5, 0.6) is 17.2 Å². The second-order valence-electron chi connectivity index (χ2n) is 7.66. The lowest BCUT2D eigenvalue weighted by Crippen LogP contribution is -2.37. The molecule has 1 unspecified atom stereocenters. The van der Waals surface area contributed by atoms with Gasteiger partial charge in [-0.3, -0.25) is 9.69 Å². The summed E-state index contributed by atoms with van der Waals surface area (Å²) >= 11 is 0. The standard InChI is InChI=1S/C23H30N2O4/c1-14-15(2)22(26)7-6-21(14)16(3)25-9-8-18(13-25)24-23(27)17-10-19(28-4)12-20(11-17)29-5/h6-7,10-12,16,18,26H,8-9,13H2,1-5H3,(H,24,27)/t16?,18-/m1/s1. The highest BCUT2D eigenvalue weighted by molar-refractivity contribution is 5.95. The second-order valence-corrected chi connectivity index (χ2v) is 7.66. The van der Waals surface area contributed by atoms with Crippen molar-refractivity contribution in [3.8, 4) is 17.2 Å². The predicted molar refractivity (Wildman–Crippen MR) is 113 cm³/mol. The molecule has 0 saturated carbocycles. The quantitative estimate of drug-likeness (QED) is 0.778. The number of phenols is 1. The van der Waals surface area contributed by atoms with Gasteiger partial charge in [0.25, 0.3) is 5.91 Å². The maximum absolute atomic E-state index is 12.8. The fourth-order valence-electron chi connectivity index (χ4n) is 3.94. The highest BCUT2D eigenvalue weighted by atomic mass is 16.5. The third kappa shape index (κ3) is 4.48. The molecule has 2 atom stereocenters. The number of benzene rings is 2. The Morgan fingerprint density at radius 3 is 2.41 bits per heavy atom. The number of carbonyl (C=O) groups excluding carboxylic acids is 1. The van der Waals surface area contributed by atoms with Crippen LogP contribution >= 0.6 is 0 Å². The summed E-state index contributed by atoms with van der Waals surface area (Å²) < 4.78 is 10.5. The Bertz CT molecular complexity index is 874. The second kappa shape index (κ2) is 8.74. The summed E-state index contributed by atoms with van der Waals surface area (Å²) in [4.78, 5) is 15.1. The van der Waals surface area contributed by atoms with Gasteiger partial charge in [-0.25, -0.2) is 0 Å². The van der Waals surface area contributed by atoms with Gasteiger partial charge in [0.15, 0.2) is 0 Å². The average Bonchev–Trinajstić information content (AvgIpc) is 3.19. The first-order valence-electron chi connectivity index (χ1n) is 9.91. The number of carbonyl (C=O) groups is 1. The van der Waals surface area contributed by atoms with Gasteiger partial charge in [0, 0.05) is 36.8 Å². The molecule has 156 valence electrons. The Hall–Kier alpha value is -2.73. The zero-order valence-electron chi connectivity index (χ0n) is 17.8. The van der Waals surface area contributed by atoms with Crippen molar-refractivity contribution in [2.24, 2.45) is 0 Å². The number of phenolic OH excluding ortho intramolecular Hbond substituents is 1. The van der Waals surface area contributed by atoms with Crippen molar-refractivity contribution < 1.29 is 19.4 Å². The molecular weight excluding hydrogens is 368 g/mol. The molecule has 1 saturated heterocycles. The van der Waals surface area contributed by atoms with E-state index in [9.17, 15) is 9.90 Å². The molecule has 0 aliphatic carbocycles. The number of amides is 1. The van der Waals surface area contributed by atoms with Crippen LogP contribution < -0.4 is 14.8 Å². The van der Waals surface area contributed by atoms with Crippen molar-refractivity contribution in [1.29, 1.82) is 0 Å². The molecule has 2 aromatic rings. The molecule has 0 bridgehead atoms. The van der Waals surface area contributed by atoms with E-state index in [4.69, 9.17) is 9.47 Å². The van der Waals surface area contributed by atoms with E-state index in [1.165, 1.54) is 5.56 Å². The molecule has 1 aliphatic rings. The fraction of sp³-hybridized carbons (Fsp3) is 0.435. The largest absolute Gasteiger partial charge is 0.508 e. The predicted octanol–water partition coefficient (Wildman–Crippen LogP) is 3.59. The van der Waals surface area contributed by atoms with Crippen molar-refractivity contribution in [3.05, 3.63) is 52.6 Å². The van der Waals surface area contributed by atoms with Gasteiger partial charge in [-0.05, 0) is 62.1 Å². The molecule has 6 nitrogen and oxygen atoms in total. The van der Waals surface area contributed by atoms with Crippen LogP contribution in [0, 0.1) is 13.8 Å². The Morgan fingerprint density at radius 1 is 1.14 bits per heavy atom. The van der Waals surface area contributed by atoms with E-state index in [1.807, 2.05) is 19.9 Å². The summed E-state index contributed by atoms with van der Waals surface area (Å²) in [6.07, 6.45) is 0.896. The van der Waals surface area contributed by atoms with Gasteiger partial charge >= 0.3 is 0 Å². The topological polar surface area (TPSA) is 71.0 Å². The summed E-state index contributed by atoms with van der Waals surface area (Å²) in [5.74, 6) is 1.39. The number of nitrogens with zero attached hydrogens (tertiary/aromatic N) is 1. The van der Waals surface area contributed by atoms with Crippen molar-refractivity contribution in [3.63, 3.8) is 0 Å². The highest BCUT2D eigenvalue weighted by Gasteiger charge is 2.29. The molecule has 0 aromatic heterocycles. The van der Waals surface area contributed by atoms with E-state index in [0.717, 1.165) is 30.6 Å². The average molecular weight is 399 g/mol. The summed E-state index contributed by atoms with van der Waals surface area (Å²) in [6.45, 7) is 7.86. The Balaban J connectivity index is 1.67. The summed E-state index contributed by atoms with van der Waals surface area (Å²) in [5, 5.41) is 13.1. The molecule has 1 aliphatic heterocycles. The first-order valence-corrected chi connectivity index (χ1v) is 9.91. The molecule has 2 aromatic carbocycles. The zero-order chi connectivity index (χ0) is 21.1. The fourth-order valence-corrected chi connectivity index (χ4v) is 3.94. The molecule has 0 radical (unpaired) electrons. The van der Waals surface area contributed by atoms with Crippen molar-refractivity contribution >= 4 is 5.91 Å². The van der Waals surface area contributed by atoms with Crippen LogP contribution in [-0.2, 0) is 0 Å². The van der Waals surface area contributed by atoms with Gasteiger partial charge in [-0.2, -0.15) is 0 Å². The van der Waals surface area contributed by atoms with Crippen LogP contribution in [0.3, 0.4) is 0 Å². The van der Waals surface area contributed by atoms with Crippen LogP contribution in [-0.4, -0.2) is 49.3 Å². The third-order valence-electron chi connectivity index (χ3n) is 5.97. The van der Waals surface area contributed by atoms with Crippen molar-refractivity contribution in [2.75, 3.05) is 27.3 Å². The number of likely N-dealkylation sites (tertiary alicyclic amines) is 1. The number of ether oxygens (including phenoxy) is 2. The molecular formula is C23H30N2O4. The summed E-state index contributed by atoms with van der Waals surface area (Å²) in [7, 11) is 3.14. The zero-order valence-corrected chi connectivity index (χ0v) is 17.8. The normalized spacial score (nSPS) is 17.8. The van der Waals surface area contributed by atoms with E-state index in [2.05, 4.69) is 17.1 Å². The van der Waals surface area contributed by atoms with Crippen LogP contribution in [0.15, 0.2) is 30.3 Å². The van der Waals surface area contributed by atoms with Crippen molar-refractivity contribution in [2.45, 2.75) is 39.3 Å². The van der Waals surface area contributed by atoms with Gasteiger partial charge in [0.1, 0.15) is 17.2 Å². The SMILES string of the molecule is COc1cc(OC)cc(C(=O)N[C@@H]2CCN(C(C)c3ccc(O)c(C)c3C)C2)c1. The first kappa shape index (κ1) is 21.0. The van der Waals surface area contributed by atoms with E-state index in [-0.39, 0.29) is 18.0 Å². The maximum atomic E-state index is 12.8. The molecule has 0 spiro atoms. The van der Waals surface area contributed by atoms with Crippen LogP contribution in [0.4, 0.5) is 0 Å². The van der Waals surface area contributed by atoms with Gasteiger partial charge in [0.05, 0.1) is 14.2 Å². The van der Waals surface area contributed by atoms with Crippen LogP contribution in [0.25, 0.3) is 0 Å². The van der Waals surface area contributed by atoms with Gasteiger partial charge in [0.2, 0.25) is 0 Å². The number of hydrogen-bond donors (Lipinski definition) is 2. The Kier molecular flexibility index (Phi) is 6.33. The van der Waals surface area contributed by atoms with E-state index in [0.29, 0.717) is 22.8 Å². The molecule has 3 rings (SSSR count). The summed E-state index contributed by atoms with van der Waals surface area (Å²) in [5.41, 5.74) is 3.78. The smallest absolute Gasteiger partial charge is 0.251 e. The number of rotatable bonds is 6. The van der Waals surface area contributed by atoms with Gasteiger partial charge < -0.3 is 19.9 Å². The third-order valence-corrected chi connectivity index (χ3v) is 5.97. The van der Waals surface area contributed by atoms with Crippen molar-refractivity contribution in [1.82, 2.24) is 10.2 Å². The monoisotopic (exact) mass is 398 g/mol. The summed E-state index contributed by atoms with van der Waals surface area (Å²) in [6, 6.07) is 9.24. The molecule has 1 heterocycles. The molecule has 1 amide bonds. The minimum absolute atomic E-state index is 0.0839. The van der Waals surface area contributed by atoms with Gasteiger partial charge in [-0.15, -0.1) is 0 Å². The van der Waals surface area contributed by atoms with Crippen LogP contribution in [0.2, 0.25) is 0 Å². The molecule has 6 heteroatoms. The molecule has 2 N–H and O–H groups in total. The first-order chi connectivity index (χ1) is 13.8. The molecule has 29 heavy (non-hydrogen) atoms. The lowest BCUT2D eigenvalue weighted by molar-refractivity contribution is 0.0935. The van der Waals surface area contributed by atoms with Gasteiger partial charge in [-0.1, -0.05) is 6.07 Å². The number of aromatic hydroxyl groups is 1. The van der Waals surface area contributed by atoms with E-state index >= 15 is 0 Å². The Labute approximate surface area is 172 Å². The Morgan fingerprint density at radius 2 is 1.79 bits per heavy atom. The number of hydrogen-bond acceptors (Lipinski definition) is 5. The number of nitrogens with one attached hydrogen (secondary N) is 1. The van der Waals surface area contributed by atoms with Crippen LogP contribution in [0.1, 0.15) is 46.4 Å². The van der Waals surface area contributed by atoms with E-state index < -0.39 is 0 Å². The minimum Gasteiger partial charge on any atom is -0.508 e. The minimum atomic E-state index is -0.127. The maximum Gasteiger partial charge on any atom is 0.251 e. The lowest BCUT2D eigenvalue weighted by Gasteiger charge is -2.27. The number of methoxy groups -OCH3 is 2. The highest BCUT2D eigenvalue weighted by Crippen LogP contribution is 2.32. The molecule has 1 fully saturated rings. The lowest BCUT2D eigenvalue weighted by atomic mass is 9.97.